The summed E-state index contributed by atoms with van der Waals surface area (Å²) in [5.74, 6) is -0.917. The van der Waals surface area contributed by atoms with Gasteiger partial charge in [-0.1, -0.05) is 31.4 Å². The highest BCUT2D eigenvalue weighted by Crippen LogP contribution is 2.25. The molecule has 0 atom stereocenters. The van der Waals surface area contributed by atoms with E-state index in [9.17, 15) is 22.8 Å². The first-order valence-corrected chi connectivity index (χ1v) is 8.63. The molecule has 0 aromatic heterocycles. The van der Waals surface area contributed by atoms with Crippen LogP contribution in [-0.2, 0) is 4.79 Å². The molecule has 1 aliphatic rings. The van der Waals surface area contributed by atoms with E-state index in [1.165, 1.54) is 31.4 Å². The molecule has 1 fully saturated rings. The lowest BCUT2D eigenvalue weighted by Crippen LogP contribution is -2.36. The molecule has 0 radical (unpaired) electrons. The average Bonchev–Trinajstić information content (AvgIpc) is 2.63. The van der Waals surface area contributed by atoms with E-state index < -0.39 is 12.1 Å². The zero-order chi connectivity index (χ0) is 19.0. The second-order valence-electron chi connectivity index (χ2n) is 6.38. The largest absolute Gasteiger partial charge is 0.493 e. The molecular weight excluding hydrogens is 347 g/mol. The summed E-state index contributed by atoms with van der Waals surface area (Å²) in [7, 11) is 0. The number of benzene rings is 1. The third-order valence-electron chi connectivity index (χ3n) is 4.25. The van der Waals surface area contributed by atoms with Gasteiger partial charge in [-0.15, -0.1) is 0 Å². The molecular formula is C19H22F3NO3. The van der Waals surface area contributed by atoms with Crippen molar-refractivity contribution in [1.29, 1.82) is 0 Å². The average molecular weight is 369 g/mol. The maximum atomic E-state index is 12.1. The number of halogens is 3. The number of rotatable bonds is 7. The van der Waals surface area contributed by atoms with Gasteiger partial charge in [0, 0.05) is 12.1 Å². The van der Waals surface area contributed by atoms with Crippen molar-refractivity contribution in [3.63, 3.8) is 0 Å². The van der Waals surface area contributed by atoms with Crippen LogP contribution in [0.25, 0.3) is 6.08 Å². The Hall–Kier alpha value is -2.31. The minimum Gasteiger partial charge on any atom is -0.493 e. The second kappa shape index (κ2) is 9.40. The van der Waals surface area contributed by atoms with Crippen LogP contribution >= 0.6 is 0 Å². The van der Waals surface area contributed by atoms with E-state index in [1.807, 2.05) is 0 Å². The van der Waals surface area contributed by atoms with Gasteiger partial charge in [-0.25, -0.2) is 0 Å². The van der Waals surface area contributed by atoms with Crippen molar-refractivity contribution < 1.29 is 27.5 Å². The van der Waals surface area contributed by atoms with Gasteiger partial charge < -0.3 is 10.1 Å². The van der Waals surface area contributed by atoms with Crippen molar-refractivity contribution >= 4 is 18.3 Å². The molecule has 0 bridgehead atoms. The van der Waals surface area contributed by atoms with Gasteiger partial charge in [-0.05, 0) is 42.5 Å². The highest BCUT2D eigenvalue weighted by atomic mass is 19.4. The van der Waals surface area contributed by atoms with Crippen molar-refractivity contribution in [2.24, 2.45) is 5.92 Å². The summed E-state index contributed by atoms with van der Waals surface area (Å²) in [6.07, 6.45) is 4.67. The number of carbonyl (C=O) groups is 2. The maximum absolute atomic E-state index is 12.1. The predicted octanol–water partition coefficient (Wildman–Crippen LogP) is 4.15. The summed E-state index contributed by atoms with van der Waals surface area (Å²) in [4.78, 5) is 21.8. The fraction of sp³-hybridized carbons (Fsp3) is 0.474. The Morgan fingerprint density at radius 3 is 2.50 bits per heavy atom. The predicted molar refractivity (Wildman–Crippen MR) is 92.0 cm³/mol. The van der Waals surface area contributed by atoms with Crippen LogP contribution in [0.3, 0.4) is 0 Å². The molecule has 26 heavy (non-hydrogen) atoms. The van der Waals surface area contributed by atoms with Crippen LogP contribution in [-0.4, -0.2) is 31.5 Å². The maximum Gasteiger partial charge on any atom is 0.471 e. The molecule has 142 valence electrons. The Kier molecular flexibility index (Phi) is 7.24. The van der Waals surface area contributed by atoms with Crippen LogP contribution in [0.4, 0.5) is 13.2 Å². The number of aldehydes is 1. The van der Waals surface area contributed by atoms with Gasteiger partial charge in [-0.2, -0.15) is 13.2 Å². The van der Waals surface area contributed by atoms with Gasteiger partial charge >= 0.3 is 12.1 Å². The van der Waals surface area contributed by atoms with E-state index in [1.54, 1.807) is 23.5 Å². The Bertz CT molecular complexity index is 650. The molecule has 1 amide bonds. The number of amides is 1. The Labute approximate surface area is 150 Å². The van der Waals surface area contributed by atoms with Crippen LogP contribution < -0.4 is 10.1 Å². The van der Waals surface area contributed by atoms with Crippen LogP contribution in [0, 0.1) is 5.92 Å². The van der Waals surface area contributed by atoms with Crippen molar-refractivity contribution in [2.45, 2.75) is 38.3 Å². The third-order valence-corrected chi connectivity index (χ3v) is 4.25. The van der Waals surface area contributed by atoms with E-state index in [0.29, 0.717) is 35.7 Å². The molecule has 4 nitrogen and oxygen atoms in total. The van der Waals surface area contributed by atoms with E-state index in [4.69, 9.17) is 4.74 Å². The molecule has 0 unspecified atom stereocenters. The summed E-state index contributed by atoms with van der Waals surface area (Å²) < 4.78 is 42.1. The first-order valence-electron chi connectivity index (χ1n) is 8.63. The Morgan fingerprint density at radius 2 is 1.85 bits per heavy atom. The quantitative estimate of drug-likeness (QED) is 0.735. The van der Waals surface area contributed by atoms with Crippen LogP contribution in [0.2, 0.25) is 0 Å². The lowest BCUT2D eigenvalue weighted by molar-refractivity contribution is -0.173. The Morgan fingerprint density at radius 1 is 1.15 bits per heavy atom. The number of hydrogen-bond donors (Lipinski definition) is 1. The van der Waals surface area contributed by atoms with E-state index in [-0.39, 0.29) is 6.54 Å². The first-order chi connectivity index (χ1) is 12.4. The summed E-state index contributed by atoms with van der Waals surface area (Å²) in [6, 6.07) is 4.96. The van der Waals surface area contributed by atoms with Crippen molar-refractivity contribution in [2.75, 3.05) is 13.2 Å². The van der Waals surface area contributed by atoms with Gasteiger partial charge in [0.25, 0.3) is 0 Å². The van der Waals surface area contributed by atoms with Crippen molar-refractivity contribution in [1.82, 2.24) is 5.32 Å². The number of alkyl halides is 3. The Balaban J connectivity index is 1.93. The molecule has 0 heterocycles. The molecule has 0 spiro atoms. The molecule has 2 rings (SSSR count). The molecule has 1 aliphatic carbocycles. The van der Waals surface area contributed by atoms with Crippen molar-refractivity contribution in [3.05, 3.63) is 35.4 Å². The molecule has 0 aliphatic heterocycles. The van der Waals surface area contributed by atoms with E-state index >= 15 is 0 Å². The summed E-state index contributed by atoms with van der Waals surface area (Å²) >= 11 is 0. The van der Waals surface area contributed by atoms with Crippen LogP contribution in [0.15, 0.2) is 24.3 Å². The van der Waals surface area contributed by atoms with Gasteiger partial charge in [0.1, 0.15) is 12.0 Å². The zero-order valence-electron chi connectivity index (χ0n) is 14.3. The van der Waals surface area contributed by atoms with Gasteiger partial charge in [0.05, 0.1) is 6.61 Å². The SMILES string of the molecule is O=Cc1cc(C=CCNC(=O)C(F)(F)F)cc(OCC2CCCCC2)c1. The summed E-state index contributed by atoms with van der Waals surface area (Å²) in [5.41, 5.74) is 1.04. The van der Waals surface area contributed by atoms with Crippen LogP contribution in [0.1, 0.15) is 48.0 Å². The van der Waals surface area contributed by atoms with Crippen LogP contribution in [0.5, 0.6) is 5.75 Å². The monoisotopic (exact) mass is 369 g/mol. The smallest absolute Gasteiger partial charge is 0.471 e. The fourth-order valence-electron chi connectivity index (χ4n) is 2.91. The molecule has 1 saturated carbocycles. The third kappa shape index (κ3) is 6.54. The number of ether oxygens (including phenoxy) is 1. The van der Waals surface area contributed by atoms with E-state index in [2.05, 4.69) is 0 Å². The highest BCUT2D eigenvalue weighted by molar-refractivity contribution is 5.82. The molecule has 1 aromatic rings. The molecule has 7 heteroatoms. The van der Waals surface area contributed by atoms with Gasteiger partial charge in [0.2, 0.25) is 0 Å². The molecule has 0 saturated heterocycles. The number of nitrogens with one attached hydrogen (secondary N) is 1. The standard InChI is InChI=1S/C19H22F3NO3/c20-19(21,22)18(25)23-8-4-7-15-9-16(12-24)11-17(10-15)26-13-14-5-2-1-3-6-14/h4,7,9-12,14H,1-3,5-6,8,13H2,(H,23,25). The fourth-order valence-corrected chi connectivity index (χ4v) is 2.91. The van der Waals surface area contributed by atoms with Gasteiger partial charge in [-0.3, -0.25) is 9.59 Å². The minimum absolute atomic E-state index is 0.262. The summed E-state index contributed by atoms with van der Waals surface area (Å²) in [6.45, 7) is 0.328. The normalized spacial score (nSPS) is 15.8. The zero-order valence-corrected chi connectivity index (χ0v) is 14.3. The second-order valence-corrected chi connectivity index (χ2v) is 6.38. The number of hydrogen-bond acceptors (Lipinski definition) is 3. The van der Waals surface area contributed by atoms with Crippen molar-refractivity contribution in [3.8, 4) is 5.75 Å². The minimum atomic E-state index is -4.90. The van der Waals surface area contributed by atoms with E-state index in [0.717, 1.165) is 12.8 Å². The molecule has 1 aromatic carbocycles. The van der Waals surface area contributed by atoms with Gasteiger partial charge in [0.15, 0.2) is 0 Å². The topological polar surface area (TPSA) is 55.4 Å². The lowest BCUT2D eigenvalue weighted by atomic mass is 9.90. The molecule has 1 N–H and O–H groups in total. The summed E-state index contributed by atoms with van der Waals surface area (Å²) in [5, 5.41) is 1.75. The lowest BCUT2D eigenvalue weighted by Gasteiger charge is -2.21. The first kappa shape index (κ1) is 20.0. The highest BCUT2D eigenvalue weighted by Gasteiger charge is 2.37. The number of carbonyl (C=O) groups excluding carboxylic acids is 2.